The van der Waals surface area contributed by atoms with Crippen LogP contribution in [0.15, 0.2) is 12.1 Å². The van der Waals surface area contributed by atoms with Gasteiger partial charge in [0.15, 0.2) is 0 Å². The molecule has 1 aromatic rings. The highest BCUT2D eigenvalue weighted by atomic mass is 16.5. The zero-order chi connectivity index (χ0) is 15.3. The van der Waals surface area contributed by atoms with Gasteiger partial charge >= 0.3 is 5.97 Å². The molecule has 0 bridgehead atoms. The normalized spacial score (nSPS) is 13.7. The van der Waals surface area contributed by atoms with Gasteiger partial charge in [-0.05, 0) is 38.0 Å². The summed E-state index contributed by atoms with van der Waals surface area (Å²) in [6.45, 7) is 6.05. The molecule has 1 unspecified atom stereocenters. The van der Waals surface area contributed by atoms with Crippen LogP contribution in [0.25, 0.3) is 0 Å². The highest BCUT2D eigenvalue weighted by Gasteiger charge is 2.19. The molecule has 4 N–H and O–H groups in total. The minimum absolute atomic E-state index is 0.338. The second-order valence-corrected chi connectivity index (χ2v) is 5.35. The van der Waals surface area contributed by atoms with Crippen LogP contribution in [0.5, 0.6) is 0 Å². The van der Waals surface area contributed by atoms with Crippen LogP contribution < -0.4 is 11.1 Å². The Bertz CT molecular complexity index is 484. The SMILES string of the molecule is CCCC(C)(O)CNc1cc(C)c(N)c(C(=O)OC)c1. The third-order valence-corrected chi connectivity index (χ3v) is 3.25. The van der Waals surface area contributed by atoms with Gasteiger partial charge in [0.05, 0.1) is 18.3 Å². The van der Waals surface area contributed by atoms with Gasteiger partial charge in [-0.1, -0.05) is 13.3 Å². The fourth-order valence-electron chi connectivity index (χ4n) is 2.10. The van der Waals surface area contributed by atoms with Crippen molar-refractivity contribution in [1.82, 2.24) is 0 Å². The third kappa shape index (κ3) is 4.13. The molecule has 1 rings (SSSR count). The lowest BCUT2D eigenvalue weighted by Gasteiger charge is -2.24. The average molecular weight is 280 g/mol. The van der Waals surface area contributed by atoms with Gasteiger partial charge in [-0.3, -0.25) is 0 Å². The number of carbonyl (C=O) groups excluding carboxylic acids is 1. The molecule has 0 fully saturated rings. The smallest absolute Gasteiger partial charge is 0.340 e. The number of nitrogens with two attached hydrogens (primary N) is 1. The number of methoxy groups -OCH3 is 1. The molecule has 0 aliphatic carbocycles. The first-order chi connectivity index (χ1) is 9.30. The number of aryl methyl sites for hydroxylation is 1. The number of nitrogen functional groups attached to an aromatic ring is 1. The van der Waals surface area contributed by atoms with Crippen LogP contribution in [0.3, 0.4) is 0 Å². The number of hydrogen-bond donors (Lipinski definition) is 3. The van der Waals surface area contributed by atoms with Crippen LogP contribution in [-0.2, 0) is 4.74 Å². The predicted molar refractivity (Wildman–Crippen MR) is 81.0 cm³/mol. The first kappa shape index (κ1) is 16.3. The standard InChI is InChI=1S/C15H24N2O3/c1-5-6-15(3,19)9-17-11-7-10(2)13(16)12(8-11)14(18)20-4/h7-8,17,19H,5-6,9,16H2,1-4H3. The van der Waals surface area contributed by atoms with E-state index in [0.29, 0.717) is 24.2 Å². The molecule has 0 aromatic heterocycles. The summed E-state index contributed by atoms with van der Waals surface area (Å²) in [6, 6.07) is 3.50. The molecule has 0 spiro atoms. The van der Waals surface area contributed by atoms with E-state index in [-0.39, 0.29) is 0 Å². The molecule has 0 saturated heterocycles. The Balaban J connectivity index is 2.92. The van der Waals surface area contributed by atoms with E-state index in [0.717, 1.165) is 17.7 Å². The maximum atomic E-state index is 11.7. The van der Waals surface area contributed by atoms with Gasteiger partial charge in [-0.15, -0.1) is 0 Å². The predicted octanol–water partition coefficient (Wildman–Crippen LogP) is 2.33. The highest BCUT2D eigenvalue weighted by Crippen LogP contribution is 2.24. The summed E-state index contributed by atoms with van der Waals surface area (Å²) in [7, 11) is 1.32. The van der Waals surface area contributed by atoms with Gasteiger partial charge in [-0.2, -0.15) is 0 Å². The van der Waals surface area contributed by atoms with E-state index in [1.54, 1.807) is 13.0 Å². The van der Waals surface area contributed by atoms with Crippen molar-refractivity contribution in [2.75, 3.05) is 24.7 Å². The Labute approximate surface area is 120 Å². The van der Waals surface area contributed by atoms with Crippen molar-refractivity contribution in [3.63, 3.8) is 0 Å². The van der Waals surface area contributed by atoms with E-state index in [9.17, 15) is 9.90 Å². The minimum atomic E-state index is -0.782. The van der Waals surface area contributed by atoms with Crippen LogP contribution in [-0.4, -0.2) is 30.3 Å². The van der Waals surface area contributed by atoms with Crippen LogP contribution in [0.2, 0.25) is 0 Å². The number of ether oxygens (including phenoxy) is 1. The number of anilines is 2. The van der Waals surface area contributed by atoms with Gasteiger partial charge < -0.3 is 20.9 Å². The summed E-state index contributed by atoms with van der Waals surface area (Å²) < 4.78 is 4.71. The summed E-state index contributed by atoms with van der Waals surface area (Å²) >= 11 is 0. The molecule has 0 amide bonds. The van der Waals surface area contributed by atoms with Crippen molar-refractivity contribution in [3.8, 4) is 0 Å². The first-order valence-electron chi connectivity index (χ1n) is 6.75. The van der Waals surface area contributed by atoms with E-state index in [2.05, 4.69) is 5.32 Å². The fraction of sp³-hybridized carbons (Fsp3) is 0.533. The molecule has 0 heterocycles. The van der Waals surface area contributed by atoms with Crippen molar-refractivity contribution < 1.29 is 14.6 Å². The first-order valence-corrected chi connectivity index (χ1v) is 6.75. The summed E-state index contributed by atoms with van der Waals surface area (Å²) in [5, 5.41) is 13.3. The highest BCUT2D eigenvalue weighted by molar-refractivity contribution is 5.97. The Kier molecular flexibility index (Phi) is 5.39. The summed E-state index contributed by atoms with van der Waals surface area (Å²) in [5.74, 6) is -0.463. The monoisotopic (exact) mass is 280 g/mol. The van der Waals surface area contributed by atoms with E-state index < -0.39 is 11.6 Å². The van der Waals surface area contributed by atoms with Gasteiger partial charge in [0, 0.05) is 17.9 Å². The third-order valence-electron chi connectivity index (χ3n) is 3.25. The van der Waals surface area contributed by atoms with Crippen LogP contribution >= 0.6 is 0 Å². The molecule has 0 aliphatic rings. The van der Waals surface area contributed by atoms with Gasteiger partial charge in [-0.25, -0.2) is 4.79 Å². The zero-order valence-electron chi connectivity index (χ0n) is 12.6. The minimum Gasteiger partial charge on any atom is -0.465 e. The maximum Gasteiger partial charge on any atom is 0.340 e. The Hall–Kier alpha value is -1.75. The molecular weight excluding hydrogens is 256 g/mol. The summed E-state index contributed by atoms with van der Waals surface area (Å²) in [6.07, 6.45) is 1.61. The number of rotatable bonds is 6. The van der Waals surface area contributed by atoms with Crippen LogP contribution in [0.1, 0.15) is 42.6 Å². The Morgan fingerprint density at radius 2 is 2.15 bits per heavy atom. The molecule has 5 nitrogen and oxygen atoms in total. The van der Waals surface area contributed by atoms with E-state index in [1.165, 1.54) is 7.11 Å². The number of hydrogen-bond acceptors (Lipinski definition) is 5. The van der Waals surface area contributed by atoms with Crippen molar-refractivity contribution in [3.05, 3.63) is 23.3 Å². The molecule has 0 aliphatic heterocycles. The number of carbonyl (C=O) groups is 1. The second-order valence-electron chi connectivity index (χ2n) is 5.35. The fourth-order valence-corrected chi connectivity index (χ4v) is 2.10. The lowest BCUT2D eigenvalue weighted by atomic mass is 10.0. The molecule has 1 aromatic carbocycles. The maximum absolute atomic E-state index is 11.7. The largest absolute Gasteiger partial charge is 0.465 e. The molecule has 5 heteroatoms. The molecule has 0 saturated carbocycles. The molecule has 20 heavy (non-hydrogen) atoms. The number of benzene rings is 1. The lowest BCUT2D eigenvalue weighted by molar-refractivity contribution is 0.0601. The summed E-state index contributed by atoms with van der Waals surface area (Å²) in [5.41, 5.74) is 7.40. The van der Waals surface area contributed by atoms with Gasteiger partial charge in [0.2, 0.25) is 0 Å². The second kappa shape index (κ2) is 6.61. The van der Waals surface area contributed by atoms with E-state index in [4.69, 9.17) is 10.5 Å². The van der Waals surface area contributed by atoms with Gasteiger partial charge in [0.1, 0.15) is 0 Å². The molecule has 1 atom stereocenters. The van der Waals surface area contributed by atoms with Crippen molar-refractivity contribution in [2.45, 2.75) is 39.2 Å². The number of aliphatic hydroxyl groups is 1. The zero-order valence-corrected chi connectivity index (χ0v) is 12.6. The Morgan fingerprint density at radius 3 is 2.70 bits per heavy atom. The average Bonchev–Trinajstić information content (AvgIpc) is 2.39. The van der Waals surface area contributed by atoms with Crippen molar-refractivity contribution in [1.29, 1.82) is 0 Å². The quantitative estimate of drug-likeness (QED) is 0.550. The molecular formula is C15H24N2O3. The molecule has 0 radical (unpaired) electrons. The number of esters is 1. The van der Waals surface area contributed by atoms with E-state index >= 15 is 0 Å². The van der Waals surface area contributed by atoms with E-state index in [1.807, 2.05) is 19.9 Å². The van der Waals surface area contributed by atoms with Crippen LogP contribution in [0.4, 0.5) is 11.4 Å². The van der Waals surface area contributed by atoms with Gasteiger partial charge in [0.25, 0.3) is 0 Å². The lowest BCUT2D eigenvalue weighted by Crippen LogP contribution is -2.33. The topological polar surface area (TPSA) is 84.6 Å². The van der Waals surface area contributed by atoms with Crippen molar-refractivity contribution in [2.24, 2.45) is 0 Å². The van der Waals surface area contributed by atoms with Crippen molar-refractivity contribution >= 4 is 17.3 Å². The summed E-state index contributed by atoms with van der Waals surface area (Å²) in [4.78, 5) is 11.7. The number of nitrogens with one attached hydrogen (secondary N) is 1. The molecule has 112 valence electrons. The Morgan fingerprint density at radius 1 is 1.50 bits per heavy atom. The van der Waals surface area contributed by atoms with Crippen LogP contribution in [0, 0.1) is 6.92 Å².